The summed E-state index contributed by atoms with van der Waals surface area (Å²) in [6, 6.07) is 18.5. The number of benzene rings is 3. The van der Waals surface area contributed by atoms with Gasteiger partial charge in [-0.15, -0.1) is 0 Å². The Labute approximate surface area is 191 Å². The Morgan fingerprint density at radius 3 is 2.39 bits per heavy atom. The second-order valence-corrected chi connectivity index (χ2v) is 9.06. The molecule has 3 aromatic carbocycles. The molecule has 1 heterocycles. The van der Waals surface area contributed by atoms with Gasteiger partial charge in [0.2, 0.25) is 0 Å². The first-order valence-electron chi connectivity index (χ1n) is 10.1. The summed E-state index contributed by atoms with van der Waals surface area (Å²) in [5, 5.41) is 2.80. The average molecular weight is 465 g/mol. The highest BCUT2D eigenvalue weighted by Gasteiger charge is 2.16. The number of nitrogens with one attached hydrogen (secondary N) is 2. The number of hydrogen-bond donors (Lipinski definition) is 2. The van der Waals surface area contributed by atoms with E-state index < -0.39 is 21.7 Å². The minimum Gasteiger partial charge on any atom is -0.348 e. The van der Waals surface area contributed by atoms with Crippen LogP contribution in [0.5, 0.6) is 0 Å². The number of nitrogens with zero attached hydrogens (tertiary/aromatic N) is 2. The fourth-order valence-electron chi connectivity index (χ4n) is 3.17. The molecule has 0 radical (unpaired) electrons. The number of hydrogen-bond acceptors (Lipinski definition) is 4. The topological polar surface area (TPSA) is 93.1 Å². The first-order valence-corrected chi connectivity index (χ1v) is 11.6. The Bertz CT molecular complexity index is 1340. The van der Waals surface area contributed by atoms with Crippen LogP contribution in [-0.2, 0) is 23.1 Å². The lowest BCUT2D eigenvalue weighted by Gasteiger charge is -2.10. The lowest BCUT2D eigenvalue weighted by molar-refractivity contribution is 0.0950. The third kappa shape index (κ3) is 5.83. The van der Waals surface area contributed by atoms with Crippen molar-refractivity contribution in [3.63, 3.8) is 0 Å². The van der Waals surface area contributed by atoms with Crippen LogP contribution in [0.1, 0.15) is 21.5 Å². The molecule has 2 N–H and O–H groups in total. The molecule has 0 fully saturated rings. The average Bonchev–Trinajstić information content (AvgIpc) is 3.33. The summed E-state index contributed by atoms with van der Waals surface area (Å²) >= 11 is 0. The molecule has 168 valence electrons. The summed E-state index contributed by atoms with van der Waals surface area (Å²) in [5.74, 6) is -0.860. The second-order valence-electron chi connectivity index (χ2n) is 7.37. The van der Waals surface area contributed by atoms with Crippen molar-refractivity contribution in [3.8, 4) is 0 Å². The van der Waals surface area contributed by atoms with Gasteiger partial charge >= 0.3 is 0 Å². The lowest BCUT2D eigenvalue weighted by atomic mass is 10.1. The van der Waals surface area contributed by atoms with E-state index >= 15 is 0 Å². The zero-order valence-corrected chi connectivity index (χ0v) is 18.3. The van der Waals surface area contributed by atoms with E-state index in [-0.39, 0.29) is 16.1 Å². The van der Waals surface area contributed by atoms with Crippen molar-refractivity contribution >= 4 is 21.6 Å². The fourth-order valence-corrected chi connectivity index (χ4v) is 4.28. The van der Waals surface area contributed by atoms with Crippen molar-refractivity contribution < 1.29 is 17.6 Å². The number of rotatable bonds is 8. The molecule has 0 aliphatic carbocycles. The van der Waals surface area contributed by atoms with E-state index in [0.717, 1.165) is 23.3 Å². The minimum absolute atomic E-state index is 0.0664. The summed E-state index contributed by atoms with van der Waals surface area (Å²) in [4.78, 5) is 16.5. The van der Waals surface area contributed by atoms with Crippen molar-refractivity contribution in [1.29, 1.82) is 0 Å². The Morgan fingerprint density at radius 2 is 1.70 bits per heavy atom. The van der Waals surface area contributed by atoms with Gasteiger partial charge in [-0.25, -0.2) is 17.8 Å². The molecule has 0 spiro atoms. The third-order valence-electron chi connectivity index (χ3n) is 4.90. The maximum Gasteiger partial charge on any atom is 0.261 e. The van der Waals surface area contributed by atoms with Gasteiger partial charge in [-0.05, 0) is 53.6 Å². The zero-order chi connectivity index (χ0) is 23.3. The number of carbonyl (C=O) groups is 1. The quantitative estimate of drug-likeness (QED) is 0.415. The van der Waals surface area contributed by atoms with E-state index in [1.54, 1.807) is 18.6 Å². The maximum atomic E-state index is 13.1. The third-order valence-corrected chi connectivity index (χ3v) is 6.28. The molecule has 9 heteroatoms. The molecule has 33 heavy (non-hydrogen) atoms. The molecule has 0 unspecified atom stereocenters. The maximum absolute atomic E-state index is 13.1. The fraction of sp³-hybridized carbons (Fsp3) is 0.0833. The van der Waals surface area contributed by atoms with Crippen molar-refractivity contribution in [2.24, 2.45) is 0 Å². The van der Waals surface area contributed by atoms with Crippen molar-refractivity contribution in [1.82, 2.24) is 14.9 Å². The number of aromatic nitrogens is 2. The smallest absolute Gasteiger partial charge is 0.261 e. The highest BCUT2D eigenvalue weighted by atomic mass is 32.2. The number of carbonyl (C=O) groups excluding carboxylic acids is 1. The highest BCUT2D eigenvalue weighted by Crippen LogP contribution is 2.18. The SMILES string of the molecule is O=C(NCc1ccc(Cn2ccnc2)cc1)c1cccc(S(=O)(=O)Nc2ccc(F)cc2)c1. The van der Waals surface area contributed by atoms with E-state index in [9.17, 15) is 17.6 Å². The van der Waals surface area contributed by atoms with Gasteiger partial charge in [0.15, 0.2) is 0 Å². The van der Waals surface area contributed by atoms with E-state index in [4.69, 9.17) is 0 Å². The Balaban J connectivity index is 1.38. The summed E-state index contributed by atoms with van der Waals surface area (Å²) < 4.78 is 42.7. The first kappa shape index (κ1) is 22.2. The molecular formula is C24H21FN4O3S. The Kier molecular flexibility index (Phi) is 6.50. The molecule has 4 aromatic rings. The van der Waals surface area contributed by atoms with Crippen LogP contribution in [0.15, 0.2) is 96.4 Å². The molecule has 4 rings (SSSR count). The number of halogens is 1. The van der Waals surface area contributed by atoms with Gasteiger partial charge in [-0.1, -0.05) is 30.3 Å². The summed E-state index contributed by atoms with van der Waals surface area (Å²) in [7, 11) is -3.93. The van der Waals surface area contributed by atoms with Gasteiger partial charge < -0.3 is 9.88 Å². The van der Waals surface area contributed by atoms with Crippen LogP contribution in [0.3, 0.4) is 0 Å². The van der Waals surface area contributed by atoms with Crippen molar-refractivity contribution in [2.75, 3.05) is 4.72 Å². The van der Waals surface area contributed by atoms with Crippen LogP contribution in [0, 0.1) is 5.82 Å². The molecule has 7 nitrogen and oxygen atoms in total. The van der Waals surface area contributed by atoms with Crippen LogP contribution in [0.4, 0.5) is 10.1 Å². The van der Waals surface area contributed by atoms with E-state index in [0.29, 0.717) is 13.1 Å². The van der Waals surface area contributed by atoms with E-state index in [1.165, 1.54) is 30.3 Å². The Hall–Kier alpha value is -3.98. The van der Waals surface area contributed by atoms with Crippen LogP contribution in [-0.4, -0.2) is 23.9 Å². The lowest BCUT2D eigenvalue weighted by Crippen LogP contribution is -2.23. The van der Waals surface area contributed by atoms with Gasteiger partial charge in [0, 0.05) is 36.7 Å². The standard InChI is InChI=1S/C24H21FN4O3S/c25-21-8-10-22(11-9-21)28-33(31,32)23-3-1-2-20(14-23)24(30)27-15-18-4-6-19(7-5-18)16-29-13-12-26-17-29/h1-14,17,28H,15-16H2,(H,27,30). The van der Waals surface area contributed by atoms with Crippen molar-refractivity contribution in [2.45, 2.75) is 18.0 Å². The van der Waals surface area contributed by atoms with Crippen LogP contribution >= 0.6 is 0 Å². The summed E-state index contributed by atoms with van der Waals surface area (Å²) in [6.45, 7) is 1.01. The van der Waals surface area contributed by atoms with Crippen LogP contribution in [0.25, 0.3) is 0 Å². The normalized spacial score (nSPS) is 11.2. The molecule has 1 amide bonds. The van der Waals surface area contributed by atoms with E-state index in [1.807, 2.05) is 35.0 Å². The first-order chi connectivity index (χ1) is 15.9. The molecule has 0 saturated heterocycles. The minimum atomic E-state index is -3.93. The molecule has 0 aliphatic rings. The van der Waals surface area contributed by atoms with Crippen LogP contribution < -0.4 is 10.0 Å². The van der Waals surface area contributed by atoms with Gasteiger partial charge in [-0.2, -0.15) is 0 Å². The predicted molar refractivity (Wildman–Crippen MR) is 123 cm³/mol. The molecule has 1 aromatic heterocycles. The zero-order valence-electron chi connectivity index (χ0n) is 17.5. The monoisotopic (exact) mass is 464 g/mol. The van der Waals surface area contributed by atoms with Gasteiger partial charge in [0.05, 0.1) is 11.2 Å². The summed E-state index contributed by atoms with van der Waals surface area (Å²) in [5.41, 5.74) is 2.46. The summed E-state index contributed by atoms with van der Waals surface area (Å²) in [6.07, 6.45) is 5.36. The number of imidazole rings is 1. The number of amides is 1. The largest absolute Gasteiger partial charge is 0.348 e. The Morgan fingerprint density at radius 1 is 0.970 bits per heavy atom. The molecular weight excluding hydrogens is 443 g/mol. The second kappa shape index (κ2) is 9.66. The van der Waals surface area contributed by atoms with Gasteiger partial charge in [-0.3, -0.25) is 9.52 Å². The van der Waals surface area contributed by atoms with Crippen LogP contribution in [0.2, 0.25) is 0 Å². The number of anilines is 1. The molecule has 0 saturated carbocycles. The number of sulfonamides is 1. The molecule has 0 aliphatic heterocycles. The molecule has 0 atom stereocenters. The van der Waals surface area contributed by atoms with Crippen molar-refractivity contribution in [3.05, 3.63) is 114 Å². The predicted octanol–water partition coefficient (Wildman–Crippen LogP) is 3.80. The molecule has 0 bridgehead atoms. The van der Waals surface area contributed by atoms with E-state index in [2.05, 4.69) is 15.0 Å². The van der Waals surface area contributed by atoms with Gasteiger partial charge in [0.25, 0.3) is 15.9 Å². The highest BCUT2D eigenvalue weighted by molar-refractivity contribution is 7.92. The van der Waals surface area contributed by atoms with Gasteiger partial charge in [0.1, 0.15) is 5.82 Å².